The first-order valence-corrected chi connectivity index (χ1v) is 10.7. The molecule has 1 aromatic rings. The third kappa shape index (κ3) is 1.94. The molecule has 0 radical (unpaired) electrons. The molecule has 0 N–H and O–H groups in total. The summed E-state index contributed by atoms with van der Waals surface area (Å²) >= 11 is 2.23. The molecule has 1 rings (SSSR count). The zero-order valence-electron chi connectivity index (χ0n) is 5.08. The van der Waals surface area contributed by atoms with E-state index >= 15 is 0 Å². The Morgan fingerprint density at radius 3 is 2.60 bits per heavy atom. The summed E-state index contributed by atoms with van der Waals surface area (Å²) in [4.78, 5) is 10.4. The molecule has 1 aromatic carbocycles. The molecule has 0 saturated heterocycles. The van der Waals surface area contributed by atoms with Gasteiger partial charge in [-0.3, -0.25) is 0 Å². The van der Waals surface area contributed by atoms with Crippen LogP contribution in [0.3, 0.4) is 0 Å². The first kappa shape index (κ1) is 8.51. The molecular weight excluding hydrogens is 355 g/mol. The maximum atomic E-state index is 10.4. The van der Waals surface area contributed by atoms with Crippen molar-refractivity contribution in [2.75, 3.05) is 0 Å². The summed E-state index contributed by atoms with van der Waals surface area (Å²) in [6, 6.07) is 7.77. The van der Waals surface area contributed by atoms with E-state index in [0.29, 0.717) is 0 Å². The fraction of sp³-hybridized carbons (Fsp3) is 0. The van der Waals surface area contributed by atoms with E-state index < -0.39 is 0 Å². The molecule has 0 heterocycles. The molecule has 0 unspecified atom stereocenters. The number of aldehydes is 1. The first-order valence-electron chi connectivity index (χ1n) is 2.71. The zero-order chi connectivity index (χ0) is 7.40. The van der Waals surface area contributed by atoms with Gasteiger partial charge in [0.05, 0.1) is 0 Å². The number of halogens is 1. The molecule has 0 bridgehead atoms. The van der Waals surface area contributed by atoms with Crippen molar-refractivity contribution in [2.24, 2.45) is 0 Å². The molecule has 0 aliphatic rings. The van der Waals surface area contributed by atoms with Crippen LogP contribution in [0.1, 0.15) is 10.4 Å². The van der Waals surface area contributed by atoms with Crippen LogP contribution in [-0.2, 0) is 0 Å². The van der Waals surface area contributed by atoms with Crippen molar-refractivity contribution >= 4 is 45.6 Å². The Kier molecular flexibility index (Phi) is 3.68. The van der Waals surface area contributed by atoms with Gasteiger partial charge in [0, 0.05) is 0 Å². The molecule has 0 atom stereocenters. The van der Waals surface area contributed by atoms with Crippen molar-refractivity contribution in [1.82, 2.24) is 0 Å². The Labute approximate surface area is 79.5 Å². The van der Waals surface area contributed by atoms with E-state index in [2.05, 4.69) is 18.7 Å². The summed E-state index contributed by atoms with van der Waals surface area (Å²) in [5.74, 6) is 0. The molecule has 52 valence electrons. The average molecular weight is 360 g/mol. The van der Waals surface area contributed by atoms with Crippen molar-refractivity contribution in [3.63, 3.8) is 0 Å². The van der Waals surface area contributed by atoms with Gasteiger partial charge in [-0.2, -0.15) is 0 Å². The van der Waals surface area contributed by atoms with Crippen LogP contribution < -0.4 is 3.61 Å². The minimum absolute atomic E-state index is 0.139. The third-order valence-electron chi connectivity index (χ3n) is 1.13. The summed E-state index contributed by atoms with van der Waals surface area (Å²) in [6.07, 6.45) is 0.929. The molecule has 0 saturated carbocycles. The van der Waals surface area contributed by atoms with Gasteiger partial charge in [-0.25, -0.2) is 0 Å². The van der Waals surface area contributed by atoms with E-state index in [1.807, 2.05) is 24.3 Å². The minimum atomic E-state index is -0.139. The van der Waals surface area contributed by atoms with Crippen LogP contribution in [0, 0.1) is 0 Å². The van der Waals surface area contributed by atoms with Crippen molar-refractivity contribution in [2.45, 2.75) is 0 Å². The Morgan fingerprint density at radius 2 is 2.10 bits per heavy atom. The molecule has 0 amide bonds. The first-order chi connectivity index (χ1) is 4.88. The van der Waals surface area contributed by atoms with Gasteiger partial charge in [0.25, 0.3) is 0 Å². The molecule has 0 aromatic heterocycles. The number of benzene rings is 1. The number of hydrogen-bond donors (Lipinski definition) is 0. The van der Waals surface area contributed by atoms with E-state index in [0.717, 1.165) is 11.8 Å². The van der Waals surface area contributed by atoms with Crippen LogP contribution in [0.25, 0.3) is 0 Å². The van der Waals surface area contributed by atoms with Gasteiger partial charge in [-0.15, -0.1) is 0 Å². The van der Waals surface area contributed by atoms with Crippen LogP contribution in [0.5, 0.6) is 0 Å². The second kappa shape index (κ2) is 4.32. The normalized spacial score (nSPS) is 9.30. The average Bonchev–Trinajstić information content (AvgIpc) is 2.04. The van der Waals surface area contributed by atoms with Crippen molar-refractivity contribution in [3.05, 3.63) is 29.8 Å². The van der Waals surface area contributed by atoms with Crippen molar-refractivity contribution in [3.8, 4) is 0 Å². The van der Waals surface area contributed by atoms with Gasteiger partial charge in [0.15, 0.2) is 0 Å². The molecule has 0 aliphatic carbocycles. The van der Waals surface area contributed by atoms with Crippen LogP contribution in [0.15, 0.2) is 24.3 Å². The summed E-state index contributed by atoms with van der Waals surface area (Å²) in [5.41, 5.74) is 0.860. The summed E-state index contributed by atoms with van der Waals surface area (Å²) in [7, 11) is 0. The standard InChI is InChI=1S/C7H5IOTe/c8-10-7-4-2-1-3-6(7)5-9/h1-5H. The molecule has 0 fully saturated rings. The summed E-state index contributed by atoms with van der Waals surface area (Å²) < 4.78 is 1.24. The Balaban J connectivity index is 3.08. The Morgan fingerprint density at radius 1 is 1.40 bits per heavy atom. The quantitative estimate of drug-likeness (QED) is 0.440. The van der Waals surface area contributed by atoms with Crippen LogP contribution >= 0.6 is 18.7 Å². The maximum absolute atomic E-state index is 10.4. The Bertz CT molecular complexity index is 237. The summed E-state index contributed by atoms with van der Waals surface area (Å²) in [6.45, 7) is 0. The summed E-state index contributed by atoms with van der Waals surface area (Å²) in [5, 5.41) is 0. The molecular formula is C7H5IOTe. The van der Waals surface area contributed by atoms with Gasteiger partial charge in [-0.05, 0) is 0 Å². The number of rotatable bonds is 2. The Hall–Kier alpha value is 0.410. The number of hydrogen-bond acceptors (Lipinski definition) is 1. The SMILES string of the molecule is O=Cc1ccccc1[Te]I. The number of carbonyl (C=O) groups is 1. The monoisotopic (exact) mass is 362 g/mol. The van der Waals surface area contributed by atoms with Gasteiger partial charge in [-0.1, -0.05) is 0 Å². The molecule has 3 heteroatoms. The molecule has 0 aliphatic heterocycles. The molecule has 10 heavy (non-hydrogen) atoms. The van der Waals surface area contributed by atoms with Gasteiger partial charge in [0.2, 0.25) is 0 Å². The van der Waals surface area contributed by atoms with E-state index in [9.17, 15) is 4.79 Å². The van der Waals surface area contributed by atoms with E-state index in [1.165, 1.54) is 3.61 Å². The predicted octanol–water partition coefficient (Wildman–Crippen LogP) is 1.18. The van der Waals surface area contributed by atoms with E-state index in [-0.39, 0.29) is 17.0 Å². The predicted molar refractivity (Wildman–Crippen MR) is 51.2 cm³/mol. The number of carbonyl (C=O) groups excluding carboxylic acids is 1. The van der Waals surface area contributed by atoms with Crippen molar-refractivity contribution in [1.29, 1.82) is 0 Å². The van der Waals surface area contributed by atoms with Gasteiger partial charge < -0.3 is 0 Å². The van der Waals surface area contributed by atoms with Crippen molar-refractivity contribution < 1.29 is 4.79 Å². The van der Waals surface area contributed by atoms with Crippen LogP contribution in [-0.4, -0.2) is 23.3 Å². The third-order valence-corrected chi connectivity index (χ3v) is 5.85. The van der Waals surface area contributed by atoms with Gasteiger partial charge in [0.1, 0.15) is 0 Å². The molecule has 1 nitrogen and oxygen atoms in total. The van der Waals surface area contributed by atoms with Gasteiger partial charge >= 0.3 is 80.2 Å². The second-order valence-corrected chi connectivity index (χ2v) is 6.38. The fourth-order valence-corrected chi connectivity index (χ4v) is 4.30. The van der Waals surface area contributed by atoms with E-state index in [1.54, 1.807) is 0 Å². The van der Waals surface area contributed by atoms with Crippen LogP contribution in [0.4, 0.5) is 0 Å². The fourth-order valence-electron chi connectivity index (χ4n) is 0.648. The topological polar surface area (TPSA) is 17.1 Å². The zero-order valence-corrected chi connectivity index (χ0v) is 9.57. The van der Waals surface area contributed by atoms with Crippen LogP contribution in [0.2, 0.25) is 0 Å². The second-order valence-electron chi connectivity index (χ2n) is 1.73. The molecule has 0 spiro atoms. The van der Waals surface area contributed by atoms with E-state index in [4.69, 9.17) is 0 Å².